The van der Waals surface area contributed by atoms with Crippen molar-refractivity contribution in [3.8, 4) is 0 Å². The third-order valence-electron chi connectivity index (χ3n) is 11.0. The lowest BCUT2D eigenvalue weighted by Gasteiger charge is -2.58. The van der Waals surface area contributed by atoms with Crippen molar-refractivity contribution >= 4 is 0 Å². The van der Waals surface area contributed by atoms with Crippen LogP contribution in [0.2, 0.25) is 0 Å². The van der Waals surface area contributed by atoms with Crippen molar-refractivity contribution in [1.82, 2.24) is 0 Å². The molecule has 0 aliphatic heterocycles. The molecule has 3 saturated carbocycles. The predicted octanol–water partition coefficient (Wildman–Crippen LogP) is 8.44. The molecule has 2 nitrogen and oxygen atoms in total. The average molecular weight is 429 g/mol. The minimum Gasteiger partial charge on any atom is -0.252 e. The molecule has 0 radical (unpaired) electrons. The van der Waals surface area contributed by atoms with E-state index in [1.165, 1.54) is 51.4 Å². The van der Waals surface area contributed by atoms with Crippen LogP contribution in [-0.2, 0) is 4.89 Å². The van der Waals surface area contributed by atoms with Crippen molar-refractivity contribution in [3.63, 3.8) is 0 Å². The lowest BCUT2D eigenvalue weighted by molar-refractivity contribution is -0.284. The molecule has 2 heteroatoms. The smallest absolute Gasteiger partial charge is 0.0964 e. The lowest BCUT2D eigenvalue weighted by Crippen LogP contribution is -2.51. The maximum absolute atomic E-state index is 9.23. The van der Waals surface area contributed by atoms with E-state index in [1.54, 1.807) is 11.1 Å². The molecule has 0 bridgehead atoms. The Morgan fingerprint density at radius 3 is 2.58 bits per heavy atom. The number of hydrogen-bond donors (Lipinski definition) is 1. The monoisotopic (exact) mass is 428 g/mol. The first-order valence-electron chi connectivity index (χ1n) is 13.4. The SMILES string of the molecule is C/C=C(/CC[C@@H](C)[C@H]1CC[C@H]2[C@@H]3CC=C4C[C@@H](OO)CC[C@]4(C)[C@H]3CC[C@]12C)C(C)C. The van der Waals surface area contributed by atoms with E-state index in [1.807, 2.05) is 0 Å². The van der Waals surface area contributed by atoms with Crippen LogP contribution in [0.1, 0.15) is 106 Å². The summed E-state index contributed by atoms with van der Waals surface area (Å²) in [6.45, 7) is 14.7. The molecule has 8 atom stereocenters. The summed E-state index contributed by atoms with van der Waals surface area (Å²) in [4.78, 5) is 4.76. The van der Waals surface area contributed by atoms with Crippen LogP contribution in [-0.4, -0.2) is 11.4 Å². The average Bonchev–Trinajstić information content (AvgIpc) is 3.10. The molecule has 0 heterocycles. The summed E-state index contributed by atoms with van der Waals surface area (Å²) in [6.07, 6.45) is 17.8. The molecular weight excluding hydrogens is 380 g/mol. The summed E-state index contributed by atoms with van der Waals surface area (Å²) >= 11 is 0. The normalized spacial score (nSPS) is 43.8. The first-order valence-corrected chi connectivity index (χ1v) is 13.4. The molecule has 3 fully saturated rings. The molecule has 176 valence electrons. The fourth-order valence-corrected chi connectivity index (χ4v) is 9.05. The van der Waals surface area contributed by atoms with Crippen LogP contribution in [0.15, 0.2) is 23.3 Å². The van der Waals surface area contributed by atoms with Gasteiger partial charge < -0.3 is 0 Å². The second-order valence-electron chi connectivity index (χ2n) is 12.5. The van der Waals surface area contributed by atoms with Crippen LogP contribution in [0, 0.1) is 46.3 Å². The molecule has 0 aromatic rings. The molecular formula is C29H48O2. The summed E-state index contributed by atoms with van der Waals surface area (Å²) in [6, 6.07) is 0. The largest absolute Gasteiger partial charge is 0.252 e. The van der Waals surface area contributed by atoms with Crippen molar-refractivity contribution in [2.75, 3.05) is 0 Å². The fourth-order valence-electron chi connectivity index (χ4n) is 9.05. The third-order valence-corrected chi connectivity index (χ3v) is 11.0. The van der Waals surface area contributed by atoms with E-state index in [9.17, 15) is 5.26 Å². The Kier molecular flexibility index (Phi) is 6.82. The van der Waals surface area contributed by atoms with Gasteiger partial charge in [-0.2, -0.15) is 0 Å². The Labute approximate surface area is 191 Å². The van der Waals surface area contributed by atoms with Gasteiger partial charge in [-0.25, -0.2) is 4.89 Å². The molecule has 0 spiro atoms. The molecule has 0 amide bonds. The summed E-state index contributed by atoms with van der Waals surface area (Å²) in [5.41, 5.74) is 4.14. The number of rotatable bonds is 6. The number of allylic oxidation sites excluding steroid dienone is 3. The van der Waals surface area contributed by atoms with E-state index in [4.69, 9.17) is 4.89 Å². The van der Waals surface area contributed by atoms with Gasteiger partial charge in [0.15, 0.2) is 0 Å². The molecule has 1 N–H and O–H groups in total. The molecule has 4 aliphatic rings. The summed E-state index contributed by atoms with van der Waals surface area (Å²) in [5, 5.41) is 9.23. The van der Waals surface area contributed by atoms with E-state index in [2.05, 4.69) is 53.7 Å². The first kappa shape index (κ1) is 23.6. The van der Waals surface area contributed by atoms with Gasteiger partial charge in [-0.15, -0.1) is 0 Å². The minimum atomic E-state index is 0.0225. The van der Waals surface area contributed by atoms with Gasteiger partial charge in [0.25, 0.3) is 0 Å². The molecule has 0 aromatic heterocycles. The predicted molar refractivity (Wildman–Crippen MR) is 130 cm³/mol. The minimum absolute atomic E-state index is 0.0225. The maximum atomic E-state index is 9.23. The van der Waals surface area contributed by atoms with Gasteiger partial charge in [0.2, 0.25) is 0 Å². The Hall–Kier alpha value is -0.600. The highest BCUT2D eigenvalue weighted by Crippen LogP contribution is 2.67. The van der Waals surface area contributed by atoms with Crippen molar-refractivity contribution < 1.29 is 10.1 Å². The van der Waals surface area contributed by atoms with Crippen molar-refractivity contribution in [2.45, 2.75) is 112 Å². The number of hydrogen-bond acceptors (Lipinski definition) is 2. The highest BCUT2D eigenvalue weighted by atomic mass is 17.1. The highest BCUT2D eigenvalue weighted by molar-refractivity contribution is 5.25. The quantitative estimate of drug-likeness (QED) is 0.261. The van der Waals surface area contributed by atoms with Crippen LogP contribution in [0.5, 0.6) is 0 Å². The van der Waals surface area contributed by atoms with E-state index in [-0.39, 0.29) is 6.10 Å². The van der Waals surface area contributed by atoms with Gasteiger partial charge in [0.1, 0.15) is 0 Å². The zero-order valence-electron chi connectivity index (χ0n) is 21.1. The Morgan fingerprint density at radius 2 is 1.90 bits per heavy atom. The first-order chi connectivity index (χ1) is 14.7. The Morgan fingerprint density at radius 1 is 1.13 bits per heavy atom. The van der Waals surface area contributed by atoms with Crippen LogP contribution in [0.25, 0.3) is 0 Å². The molecule has 0 saturated heterocycles. The van der Waals surface area contributed by atoms with Gasteiger partial charge in [-0.3, -0.25) is 5.26 Å². The van der Waals surface area contributed by atoms with Crippen LogP contribution in [0.3, 0.4) is 0 Å². The van der Waals surface area contributed by atoms with Crippen LogP contribution >= 0.6 is 0 Å². The van der Waals surface area contributed by atoms with E-state index >= 15 is 0 Å². The highest BCUT2D eigenvalue weighted by Gasteiger charge is 2.59. The molecule has 4 rings (SSSR count). The van der Waals surface area contributed by atoms with Crippen LogP contribution < -0.4 is 0 Å². The van der Waals surface area contributed by atoms with E-state index in [0.29, 0.717) is 16.7 Å². The molecule has 0 unspecified atom stereocenters. The topological polar surface area (TPSA) is 29.5 Å². The molecule has 4 aliphatic carbocycles. The summed E-state index contributed by atoms with van der Waals surface area (Å²) < 4.78 is 0. The van der Waals surface area contributed by atoms with Crippen molar-refractivity contribution in [2.24, 2.45) is 46.3 Å². The zero-order valence-corrected chi connectivity index (χ0v) is 21.1. The van der Waals surface area contributed by atoms with Gasteiger partial charge in [-0.05, 0) is 117 Å². The van der Waals surface area contributed by atoms with Crippen molar-refractivity contribution in [3.05, 3.63) is 23.3 Å². The van der Waals surface area contributed by atoms with Crippen molar-refractivity contribution in [1.29, 1.82) is 0 Å². The lowest BCUT2D eigenvalue weighted by atomic mass is 9.47. The van der Waals surface area contributed by atoms with Crippen LogP contribution in [0.4, 0.5) is 0 Å². The Bertz CT molecular complexity index is 706. The zero-order chi connectivity index (χ0) is 22.4. The van der Waals surface area contributed by atoms with Gasteiger partial charge in [0, 0.05) is 0 Å². The van der Waals surface area contributed by atoms with Gasteiger partial charge in [-0.1, -0.05) is 57.9 Å². The molecule has 31 heavy (non-hydrogen) atoms. The second kappa shape index (κ2) is 8.98. The number of fused-ring (bicyclic) bond motifs is 5. The fraction of sp³-hybridized carbons (Fsp3) is 0.862. The third kappa shape index (κ3) is 3.99. The summed E-state index contributed by atoms with van der Waals surface area (Å²) in [7, 11) is 0. The summed E-state index contributed by atoms with van der Waals surface area (Å²) in [5.74, 6) is 5.05. The Balaban J connectivity index is 1.48. The standard InChI is InChI=1S/C29H48O2/c1-7-21(19(2)3)9-8-20(4)25-12-13-26-24-11-10-22-18-23(31-30)14-16-28(22,5)27(24)15-17-29(25,26)6/h7,10,19-20,23-27,30H,8-9,11-18H2,1-6H3/b21-7-/t20-,23+,24+,25-,26+,27+,28+,29-/m1/s1. The molecule has 0 aromatic carbocycles. The maximum Gasteiger partial charge on any atom is 0.0964 e. The second-order valence-corrected chi connectivity index (χ2v) is 12.5. The van der Waals surface area contributed by atoms with Gasteiger partial charge in [0.05, 0.1) is 6.10 Å². The van der Waals surface area contributed by atoms with E-state index in [0.717, 1.165) is 42.4 Å². The van der Waals surface area contributed by atoms with E-state index < -0.39 is 0 Å². The van der Waals surface area contributed by atoms with Gasteiger partial charge >= 0.3 is 0 Å².